The summed E-state index contributed by atoms with van der Waals surface area (Å²) in [5.41, 5.74) is 3.22. The highest BCUT2D eigenvalue weighted by Gasteiger charge is 2.29. The summed E-state index contributed by atoms with van der Waals surface area (Å²) in [5, 5.41) is 4.16. The molecule has 1 saturated carbocycles. The fraction of sp³-hybridized carbons (Fsp3) is 0.333. The molecule has 4 rings (SSSR count). The Kier molecular flexibility index (Phi) is 5.56. The van der Waals surface area contributed by atoms with Crippen molar-refractivity contribution in [2.24, 2.45) is 5.92 Å². The van der Waals surface area contributed by atoms with Gasteiger partial charge < -0.3 is 9.42 Å². The van der Waals surface area contributed by atoms with Crippen LogP contribution in [0.5, 0.6) is 0 Å². The molecule has 0 saturated heterocycles. The van der Waals surface area contributed by atoms with Crippen molar-refractivity contribution in [1.29, 1.82) is 0 Å². The Morgan fingerprint density at radius 2 is 1.79 bits per heavy atom. The number of hydrogen-bond acceptors (Lipinski definition) is 3. The molecule has 0 bridgehead atoms. The van der Waals surface area contributed by atoms with Gasteiger partial charge in [0, 0.05) is 19.2 Å². The Balaban J connectivity index is 1.45. The predicted octanol–water partition coefficient (Wildman–Crippen LogP) is 5.07. The van der Waals surface area contributed by atoms with E-state index in [9.17, 15) is 4.79 Å². The van der Waals surface area contributed by atoms with Crippen molar-refractivity contribution >= 4 is 5.91 Å². The lowest BCUT2D eigenvalue weighted by Gasteiger charge is -2.21. The Morgan fingerprint density at radius 1 is 1.11 bits per heavy atom. The highest BCUT2D eigenvalue weighted by Crippen LogP contribution is 2.31. The Labute approximate surface area is 166 Å². The van der Waals surface area contributed by atoms with Crippen LogP contribution in [0.2, 0.25) is 0 Å². The van der Waals surface area contributed by atoms with E-state index in [1.807, 2.05) is 47.4 Å². The SMILES string of the molecule is C[C@H](Cc1cc(C(=O)N(Cc2ccccc2)CC2CC2)on1)c1ccccc1. The van der Waals surface area contributed by atoms with Crippen molar-refractivity contribution in [3.8, 4) is 0 Å². The second-order valence-electron chi connectivity index (χ2n) is 7.81. The zero-order chi connectivity index (χ0) is 19.3. The summed E-state index contributed by atoms with van der Waals surface area (Å²) >= 11 is 0. The maximum atomic E-state index is 13.1. The largest absolute Gasteiger partial charge is 0.351 e. The van der Waals surface area contributed by atoms with Crippen LogP contribution in [0.4, 0.5) is 0 Å². The van der Waals surface area contributed by atoms with Gasteiger partial charge >= 0.3 is 0 Å². The van der Waals surface area contributed by atoms with Crippen LogP contribution in [0.15, 0.2) is 71.3 Å². The van der Waals surface area contributed by atoms with E-state index >= 15 is 0 Å². The highest BCUT2D eigenvalue weighted by molar-refractivity contribution is 5.91. The van der Waals surface area contributed by atoms with Gasteiger partial charge in [0.1, 0.15) is 0 Å². The topological polar surface area (TPSA) is 46.3 Å². The minimum absolute atomic E-state index is 0.0677. The number of carbonyl (C=O) groups excluding carboxylic acids is 1. The lowest BCUT2D eigenvalue weighted by molar-refractivity contribution is 0.0692. The van der Waals surface area contributed by atoms with Crippen molar-refractivity contribution in [2.45, 2.75) is 38.6 Å². The second kappa shape index (κ2) is 8.42. The molecular weight excluding hydrogens is 348 g/mol. The van der Waals surface area contributed by atoms with Gasteiger partial charge in [-0.05, 0) is 42.2 Å². The first-order valence-corrected chi connectivity index (χ1v) is 10.0. The molecular formula is C24H26N2O2. The molecule has 0 unspecified atom stereocenters. The minimum atomic E-state index is -0.0677. The van der Waals surface area contributed by atoms with E-state index in [-0.39, 0.29) is 5.91 Å². The standard InChI is InChI=1S/C24H26N2O2/c1-18(21-10-6-3-7-11-21)14-22-15-23(28-25-22)24(27)26(17-20-12-13-20)16-19-8-4-2-5-9-19/h2-11,15,18,20H,12-14,16-17H2,1H3/t18-/m1/s1. The Hall–Kier alpha value is -2.88. The van der Waals surface area contributed by atoms with Crippen LogP contribution in [0, 0.1) is 5.92 Å². The molecule has 144 valence electrons. The van der Waals surface area contributed by atoms with Crippen molar-refractivity contribution < 1.29 is 9.32 Å². The average molecular weight is 374 g/mol. The van der Waals surface area contributed by atoms with Crippen LogP contribution in [0.3, 0.4) is 0 Å². The van der Waals surface area contributed by atoms with Crippen molar-refractivity contribution in [3.05, 3.63) is 89.3 Å². The highest BCUT2D eigenvalue weighted by atomic mass is 16.5. The molecule has 1 fully saturated rings. The summed E-state index contributed by atoms with van der Waals surface area (Å²) < 4.78 is 5.44. The Bertz CT molecular complexity index is 901. The minimum Gasteiger partial charge on any atom is -0.351 e. The van der Waals surface area contributed by atoms with Crippen molar-refractivity contribution in [1.82, 2.24) is 10.1 Å². The van der Waals surface area contributed by atoms with Crippen LogP contribution in [-0.4, -0.2) is 22.5 Å². The predicted molar refractivity (Wildman–Crippen MR) is 109 cm³/mol. The number of aromatic nitrogens is 1. The van der Waals surface area contributed by atoms with Gasteiger partial charge in [-0.3, -0.25) is 4.79 Å². The number of benzene rings is 2. The van der Waals surface area contributed by atoms with Crippen LogP contribution in [0.25, 0.3) is 0 Å². The maximum absolute atomic E-state index is 13.1. The van der Waals surface area contributed by atoms with Gasteiger partial charge in [-0.15, -0.1) is 0 Å². The molecule has 1 atom stereocenters. The molecule has 1 amide bonds. The van der Waals surface area contributed by atoms with Crippen LogP contribution in [0.1, 0.15) is 53.1 Å². The number of rotatable bonds is 8. The lowest BCUT2D eigenvalue weighted by atomic mass is 9.96. The summed E-state index contributed by atoms with van der Waals surface area (Å²) in [7, 11) is 0. The number of hydrogen-bond donors (Lipinski definition) is 0. The van der Waals surface area contributed by atoms with Gasteiger partial charge in [-0.25, -0.2) is 0 Å². The quantitative estimate of drug-likeness (QED) is 0.553. The molecule has 0 N–H and O–H groups in total. The van der Waals surface area contributed by atoms with E-state index < -0.39 is 0 Å². The summed E-state index contributed by atoms with van der Waals surface area (Å²) in [6.07, 6.45) is 3.16. The molecule has 2 aromatic carbocycles. The van der Waals surface area contributed by atoms with Crippen LogP contribution >= 0.6 is 0 Å². The van der Waals surface area contributed by atoms with Gasteiger partial charge in [0.05, 0.1) is 5.69 Å². The molecule has 3 aromatic rings. The van der Waals surface area contributed by atoms with E-state index in [0.717, 1.165) is 24.2 Å². The molecule has 0 spiro atoms. The van der Waals surface area contributed by atoms with E-state index in [1.54, 1.807) is 0 Å². The summed E-state index contributed by atoms with van der Waals surface area (Å²) in [4.78, 5) is 15.0. The Morgan fingerprint density at radius 3 is 2.46 bits per heavy atom. The van der Waals surface area contributed by atoms with Crippen LogP contribution in [-0.2, 0) is 13.0 Å². The average Bonchev–Trinajstić information content (AvgIpc) is 3.43. The molecule has 28 heavy (non-hydrogen) atoms. The number of nitrogens with zero attached hydrogens (tertiary/aromatic N) is 2. The van der Waals surface area contributed by atoms with Crippen molar-refractivity contribution in [2.75, 3.05) is 6.54 Å². The first kappa shape index (κ1) is 18.5. The summed E-state index contributed by atoms with van der Waals surface area (Å²) in [5.74, 6) is 1.21. The fourth-order valence-electron chi connectivity index (χ4n) is 3.51. The molecule has 4 nitrogen and oxygen atoms in total. The molecule has 1 aliphatic carbocycles. The van der Waals surface area contributed by atoms with Gasteiger partial charge in [0.25, 0.3) is 5.91 Å². The smallest absolute Gasteiger partial charge is 0.292 e. The summed E-state index contributed by atoms with van der Waals surface area (Å²) in [6.45, 7) is 3.55. The van der Waals surface area contributed by atoms with Crippen molar-refractivity contribution in [3.63, 3.8) is 0 Å². The molecule has 1 aromatic heterocycles. The maximum Gasteiger partial charge on any atom is 0.292 e. The third-order valence-electron chi connectivity index (χ3n) is 5.33. The molecule has 0 radical (unpaired) electrons. The lowest BCUT2D eigenvalue weighted by Crippen LogP contribution is -2.32. The zero-order valence-electron chi connectivity index (χ0n) is 16.3. The third-order valence-corrected chi connectivity index (χ3v) is 5.33. The zero-order valence-corrected chi connectivity index (χ0v) is 16.3. The number of carbonyl (C=O) groups is 1. The third kappa shape index (κ3) is 4.69. The monoisotopic (exact) mass is 374 g/mol. The van der Waals surface area contributed by atoms with E-state index in [1.165, 1.54) is 18.4 Å². The first-order chi connectivity index (χ1) is 13.7. The second-order valence-corrected chi connectivity index (χ2v) is 7.81. The van der Waals surface area contributed by atoms with Crippen LogP contribution < -0.4 is 0 Å². The number of amides is 1. The van der Waals surface area contributed by atoms with E-state index in [4.69, 9.17) is 4.52 Å². The van der Waals surface area contributed by atoms with Gasteiger partial charge in [0.15, 0.2) is 0 Å². The van der Waals surface area contributed by atoms with Gasteiger partial charge in [-0.1, -0.05) is 72.7 Å². The van der Waals surface area contributed by atoms with E-state index in [0.29, 0.717) is 24.1 Å². The molecule has 1 aliphatic rings. The first-order valence-electron chi connectivity index (χ1n) is 10.0. The molecule has 1 heterocycles. The normalized spacial score (nSPS) is 14.6. The van der Waals surface area contributed by atoms with Gasteiger partial charge in [0.2, 0.25) is 5.76 Å². The fourth-order valence-corrected chi connectivity index (χ4v) is 3.51. The summed E-state index contributed by atoms with van der Waals surface area (Å²) in [6, 6.07) is 22.3. The molecule has 4 heteroatoms. The van der Waals surface area contributed by atoms with E-state index in [2.05, 4.69) is 36.3 Å². The van der Waals surface area contributed by atoms with Gasteiger partial charge in [-0.2, -0.15) is 0 Å². The molecule has 0 aliphatic heterocycles.